The number of esters is 1. The fraction of sp³-hybridized carbons (Fsp3) is 0.0667. The molecule has 0 spiro atoms. The molecule has 0 aliphatic carbocycles. The largest absolute Gasteiger partial charge is 0.416 e. The number of carbonyl (C=O) groups is 2. The summed E-state index contributed by atoms with van der Waals surface area (Å²) in [5, 5.41) is 2.30. The highest BCUT2D eigenvalue weighted by molar-refractivity contribution is 6.29. The number of nitrogens with one attached hydrogen (secondary N) is 1. The molecule has 0 saturated carbocycles. The van der Waals surface area contributed by atoms with Crippen molar-refractivity contribution < 1.29 is 36.3 Å². The van der Waals surface area contributed by atoms with Crippen LogP contribution in [-0.2, 0) is 4.79 Å². The lowest BCUT2D eigenvalue weighted by molar-refractivity contribution is -0.113. The highest BCUT2D eigenvalue weighted by Gasteiger charge is 2.28. The highest BCUT2D eigenvalue weighted by Crippen LogP contribution is 2.29. The Morgan fingerprint density at radius 2 is 1.52 bits per heavy atom. The second-order valence-corrected chi connectivity index (χ2v) is 4.82. The highest BCUT2D eigenvalue weighted by atomic mass is 35.5. The number of amides is 1. The van der Waals surface area contributed by atoms with Gasteiger partial charge in [-0.2, -0.15) is 8.78 Å². The lowest BCUT2D eigenvalue weighted by atomic mass is 10.2. The van der Waals surface area contributed by atoms with Crippen LogP contribution < -0.4 is 10.1 Å². The Bertz CT molecular complexity index is 830. The molecule has 0 atom stereocenters. The van der Waals surface area contributed by atoms with Crippen LogP contribution in [-0.4, -0.2) is 17.8 Å². The molecule has 0 bridgehead atoms. The minimum absolute atomic E-state index is 0.109. The molecule has 1 N–H and O–H groups in total. The summed E-state index contributed by atoms with van der Waals surface area (Å²) < 4.78 is 70.4. The molecule has 0 radical (unpaired) electrons. The first-order chi connectivity index (χ1) is 11.8. The first-order valence-corrected chi connectivity index (χ1v) is 6.99. The van der Waals surface area contributed by atoms with E-state index in [-0.39, 0.29) is 17.1 Å². The molecule has 0 saturated heterocycles. The Morgan fingerprint density at radius 3 is 2.08 bits per heavy atom. The van der Waals surface area contributed by atoms with Crippen LogP contribution in [0.1, 0.15) is 10.4 Å². The number of rotatable bonds is 4. The molecule has 0 aliphatic heterocycles. The van der Waals surface area contributed by atoms with Crippen molar-refractivity contribution in [1.29, 1.82) is 0 Å². The zero-order valence-electron chi connectivity index (χ0n) is 12.0. The number of hydrogen-bond donors (Lipinski definition) is 1. The third-order valence-corrected chi connectivity index (χ3v) is 3.11. The summed E-state index contributed by atoms with van der Waals surface area (Å²) >= 11 is 5.30. The molecule has 2 aromatic rings. The van der Waals surface area contributed by atoms with Crippen molar-refractivity contribution in [1.82, 2.24) is 0 Å². The van der Waals surface area contributed by atoms with Gasteiger partial charge in [-0.1, -0.05) is 6.07 Å². The van der Waals surface area contributed by atoms with E-state index in [0.29, 0.717) is 0 Å². The van der Waals surface area contributed by atoms with Gasteiger partial charge in [0.2, 0.25) is 40.7 Å². The summed E-state index contributed by atoms with van der Waals surface area (Å²) in [6.45, 7) is 0. The molecule has 132 valence electrons. The molecular formula is C15H7ClF5NO3. The average molecular weight is 380 g/mol. The zero-order valence-corrected chi connectivity index (χ0v) is 12.8. The van der Waals surface area contributed by atoms with Crippen LogP contribution >= 0.6 is 11.6 Å². The van der Waals surface area contributed by atoms with E-state index in [1.54, 1.807) is 0 Å². The van der Waals surface area contributed by atoms with Gasteiger partial charge in [-0.3, -0.25) is 4.79 Å². The van der Waals surface area contributed by atoms with Gasteiger partial charge < -0.3 is 10.1 Å². The van der Waals surface area contributed by atoms with E-state index in [0.717, 1.165) is 12.1 Å². The Hall–Kier alpha value is -2.68. The first-order valence-electron chi connectivity index (χ1n) is 6.45. The molecule has 0 unspecified atom stereocenters. The number of hydrogen-bond acceptors (Lipinski definition) is 3. The van der Waals surface area contributed by atoms with Crippen LogP contribution in [0.25, 0.3) is 0 Å². The number of ether oxygens (including phenoxy) is 1. The van der Waals surface area contributed by atoms with Gasteiger partial charge in [-0.05, 0) is 18.2 Å². The molecule has 0 fully saturated rings. The Balaban J connectivity index is 2.32. The van der Waals surface area contributed by atoms with Gasteiger partial charge in [0.25, 0.3) is 0 Å². The third kappa shape index (κ3) is 3.87. The molecule has 25 heavy (non-hydrogen) atoms. The predicted octanol–water partition coefficient (Wildman–Crippen LogP) is 3.78. The summed E-state index contributed by atoms with van der Waals surface area (Å²) in [7, 11) is 0. The lowest BCUT2D eigenvalue weighted by Gasteiger charge is -2.10. The van der Waals surface area contributed by atoms with E-state index in [4.69, 9.17) is 11.6 Å². The van der Waals surface area contributed by atoms with Crippen molar-refractivity contribution in [3.63, 3.8) is 0 Å². The zero-order chi connectivity index (χ0) is 18.7. The van der Waals surface area contributed by atoms with Gasteiger partial charge in [-0.15, -0.1) is 11.6 Å². The van der Waals surface area contributed by atoms with Crippen molar-refractivity contribution in [2.45, 2.75) is 0 Å². The van der Waals surface area contributed by atoms with Crippen LogP contribution in [0.2, 0.25) is 0 Å². The topological polar surface area (TPSA) is 55.4 Å². The maximum atomic E-state index is 13.5. The van der Waals surface area contributed by atoms with E-state index in [1.807, 2.05) is 0 Å². The normalized spacial score (nSPS) is 10.5. The molecule has 0 aliphatic rings. The molecular weight excluding hydrogens is 373 g/mol. The third-order valence-electron chi connectivity index (χ3n) is 2.87. The van der Waals surface area contributed by atoms with Crippen molar-refractivity contribution in [3.05, 3.63) is 58.9 Å². The Morgan fingerprint density at radius 1 is 0.960 bits per heavy atom. The van der Waals surface area contributed by atoms with E-state index >= 15 is 0 Å². The van der Waals surface area contributed by atoms with Crippen LogP contribution in [0.15, 0.2) is 24.3 Å². The van der Waals surface area contributed by atoms with Gasteiger partial charge in [0, 0.05) is 5.69 Å². The summed E-state index contributed by atoms with van der Waals surface area (Å²) in [6.07, 6.45) is 0. The van der Waals surface area contributed by atoms with Crippen molar-refractivity contribution >= 4 is 29.2 Å². The molecule has 1 amide bonds. The fourth-order valence-corrected chi connectivity index (χ4v) is 1.81. The number of benzene rings is 2. The van der Waals surface area contributed by atoms with Crippen LogP contribution in [0.4, 0.5) is 27.6 Å². The standard InChI is InChI=1S/C15H7ClF5NO3/c16-5-8(23)22-7-3-1-2-6(4-7)15(24)25-14-12(20)10(18)9(17)11(19)13(14)21/h1-4H,5H2,(H,22,23). The number of anilines is 1. The second-order valence-electron chi connectivity index (χ2n) is 4.55. The maximum Gasteiger partial charge on any atom is 0.343 e. The molecule has 2 rings (SSSR count). The summed E-state index contributed by atoms with van der Waals surface area (Å²) in [4.78, 5) is 23.1. The number of halogens is 6. The predicted molar refractivity (Wildman–Crippen MR) is 77.0 cm³/mol. The molecule has 0 heterocycles. The van der Waals surface area contributed by atoms with Gasteiger partial charge in [0.05, 0.1) is 5.56 Å². The quantitative estimate of drug-likeness (QED) is 0.220. The molecule has 10 heteroatoms. The summed E-state index contributed by atoms with van der Waals surface area (Å²) in [5.41, 5.74) is -0.200. The first kappa shape index (κ1) is 18.7. The van der Waals surface area contributed by atoms with E-state index < -0.39 is 46.7 Å². The summed E-state index contributed by atoms with van der Waals surface area (Å²) in [6, 6.07) is 4.88. The minimum Gasteiger partial charge on any atom is -0.416 e. The lowest BCUT2D eigenvalue weighted by Crippen LogP contribution is -2.15. The molecule has 2 aromatic carbocycles. The van der Waals surface area contributed by atoms with Gasteiger partial charge in [-0.25, -0.2) is 18.0 Å². The van der Waals surface area contributed by atoms with Gasteiger partial charge in [0.1, 0.15) is 5.88 Å². The smallest absolute Gasteiger partial charge is 0.343 e. The van der Waals surface area contributed by atoms with Gasteiger partial charge >= 0.3 is 5.97 Å². The summed E-state index contributed by atoms with van der Waals surface area (Å²) in [5.74, 6) is -15.5. The number of carbonyl (C=O) groups excluding carboxylic acids is 2. The number of alkyl halides is 1. The molecule has 4 nitrogen and oxygen atoms in total. The monoisotopic (exact) mass is 379 g/mol. The van der Waals surface area contributed by atoms with Crippen molar-refractivity contribution in [3.8, 4) is 5.75 Å². The van der Waals surface area contributed by atoms with E-state index in [2.05, 4.69) is 10.1 Å². The van der Waals surface area contributed by atoms with Crippen LogP contribution in [0.5, 0.6) is 5.75 Å². The van der Waals surface area contributed by atoms with E-state index in [1.165, 1.54) is 12.1 Å². The minimum atomic E-state index is -2.37. The maximum absolute atomic E-state index is 13.5. The van der Waals surface area contributed by atoms with Crippen molar-refractivity contribution in [2.75, 3.05) is 11.2 Å². The second kappa shape index (κ2) is 7.47. The van der Waals surface area contributed by atoms with Crippen LogP contribution in [0.3, 0.4) is 0 Å². The fourth-order valence-electron chi connectivity index (χ4n) is 1.74. The van der Waals surface area contributed by atoms with Crippen molar-refractivity contribution in [2.24, 2.45) is 0 Å². The van der Waals surface area contributed by atoms with E-state index in [9.17, 15) is 31.5 Å². The Labute approximate surface area is 142 Å². The van der Waals surface area contributed by atoms with Gasteiger partial charge in [0.15, 0.2) is 0 Å². The average Bonchev–Trinajstić information content (AvgIpc) is 2.61. The Kier molecular flexibility index (Phi) is 5.58. The van der Waals surface area contributed by atoms with Crippen LogP contribution in [0, 0.1) is 29.1 Å². The molecule has 0 aromatic heterocycles. The SMILES string of the molecule is O=C(CCl)Nc1cccc(C(=O)Oc2c(F)c(F)c(F)c(F)c2F)c1.